The van der Waals surface area contributed by atoms with Crippen molar-refractivity contribution >= 4 is 0 Å². The quantitative estimate of drug-likeness (QED) is 0.741. The van der Waals surface area contributed by atoms with Gasteiger partial charge in [0.05, 0.1) is 12.2 Å². The van der Waals surface area contributed by atoms with Crippen LogP contribution < -0.4 is 5.73 Å². The van der Waals surface area contributed by atoms with Gasteiger partial charge in [-0.25, -0.2) is 0 Å². The molecular weight excluding hydrogens is 226 g/mol. The van der Waals surface area contributed by atoms with Gasteiger partial charge in [-0.05, 0) is 27.1 Å². The van der Waals surface area contributed by atoms with E-state index in [1.165, 1.54) is 5.56 Å². The van der Waals surface area contributed by atoms with Gasteiger partial charge >= 0.3 is 0 Å². The first kappa shape index (κ1) is 15.1. The highest BCUT2D eigenvalue weighted by Gasteiger charge is 2.19. The zero-order chi connectivity index (χ0) is 13.5. The van der Waals surface area contributed by atoms with Crippen molar-refractivity contribution < 1.29 is 0 Å². The van der Waals surface area contributed by atoms with Gasteiger partial charge < -0.3 is 10.6 Å². The van der Waals surface area contributed by atoms with Gasteiger partial charge in [-0.2, -0.15) is 5.10 Å². The molecule has 2 N–H and O–H groups in total. The third kappa shape index (κ3) is 4.40. The van der Waals surface area contributed by atoms with Crippen molar-refractivity contribution in [2.75, 3.05) is 40.3 Å². The van der Waals surface area contributed by atoms with E-state index in [4.69, 9.17) is 5.73 Å². The van der Waals surface area contributed by atoms with Gasteiger partial charge in [-0.3, -0.25) is 9.58 Å². The summed E-state index contributed by atoms with van der Waals surface area (Å²) in [6.07, 6.45) is 5.13. The summed E-state index contributed by atoms with van der Waals surface area (Å²) in [7, 11) is 6.15. The van der Waals surface area contributed by atoms with Crippen molar-refractivity contribution in [1.82, 2.24) is 19.6 Å². The summed E-state index contributed by atoms with van der Waals surface area (Å²) in [4.78, 5) is 4.66. The van der Waals surface area contributed by atoms with Gasteiger partial charge in [0, 0.05) is 38.4 Å². The first-order valence-electron chi connectivity index (χ1n) is 6.65. The highest BCUT2D eigenvalue weighted by atomic mass is 15.3. The fourth-order valence-corrected chi connectivity index (χ4v) is 2.15. The van der Waals surface area contributed by atoms with Crippen molar-refractivity contribution in [3.63, 3.8) is 0 Å². The lowest BCUT2D eigenvalue weighted by Crippen LogP contribution is -2.38. The van der Waals surface area contributed by atoms with E-state index >= 15 is 0 Å². The summed E-state index contributed by atoms with van der Waals surface area (Å²) in [5.41, 5.74) is 7.17. The largest absolute Gasteiger partial charge is 0.329 e. The number of rotatable bonds is 8. The van der Waals surface area contributed by atoms with Gasteiger partial charge in [-0.1, -0.05) is 6.92 Å². The number of likely N-dealkylation sites (N-methyl/N-ethyl adjacent to an activating group) is 1. The van der Waals surface area contributed by atoms with E-state index in [1.54, 1.807) is 0 Å². The molecule has 0 saturated heterocycles. The van der Waals surface area contributed by atoms with Crippen molar-refractivity contribution in [1.29, 1.82) is 0 Å². The molecule has 0 aliphatic rings. The van der Waals surface area contributed by atoms with Gasteiger partial charge in [0.15, 0.2) is 0 Å². The van der Waals surface area contributed by atoms with E-state index < -0.39 is 0 Å². The molecule has 104 valence electrons. The van der Waals surface area contributed by atoms with Crippen molar-refractivity contribution in [3.05, 3.63) is 18.0 Å². The van der Waals surface area contributed by atoms with Gasteiger partial charge in [0.1, 0.15) is 0 Å². The first-order chi connectivity index (χ1) is 8.58. The monoisotopic (exact) mass is 253 g/mol. The maximum absolute atomic E-state index is 5.96. The predicted molar refractivity (Wildman–Crippen MR) is 75.4 cm³/mol. The second-order valence-corrected chi connectivity index (χ2v) is 5.04. The topological polar surface area (TPSA) is 50.3 Å². The minimum Gasteiger partial charge on any atom is -0.329 e. The van der Waals surface area contributed by atoms with Crippen LogP contribution >= 0.6 is 0 Å². The molecule has 0 fully saturated rings. The number of nitrogens with two attached hydrogens (primary N) is 1. The Kier molecular flexibility index (Phi) is 6.32. The molecule has 1 aromatic rings. The molecule has 0 aliphatic heterocycles. The van der Waals surface area contributed by atoms with E-state index in [2.05, 4.69) is 42.1 Å². The number of hydrogen-bond acceptors (Lipinski definition) is 4. The molecule has 5 heteroatoms. The van der Waals surface area contributed by atoms with Crippen LogP contribution in [0.4, 0.5) is 0 Å². The molecule has 0 amide bonds. The highest BCUT2D eigenvalue weighted by Crippen LogP contribution is 2.19. The molecule has 18 heavy (non-hydrogen) atoms. The summed E-state index contributed by atoms with van der Waals surface area (Å²) in [6.45, 7) is 6.01. The Morgan fingerprint density at radius 2 is 2.06 bits per heavy atom. The average molecular weight is 253 g/mol. The van der Waals surface area contributed by atoms with Crippen LogP contribution in [0.3, 0.4) is 0 Å². The zero-order valence-electron chi connectivity index (χ0n) is 12.1. The average Bonchev–Trinajstić information content (AvgIpc) is 2.73. The van der Waals surface area contributed by atoms with E-state index in [0.717, 1.165) is 26.1 Å². The van der Waals surface area contributed by atoms with Crippen LogP contribution in [0.5, 0.6) is 0 Å². The fourth-order valence-electron chi connectivity index (χ4n) is 2.15. The van der Waals surface area contributed by atoms with E-state index in [9.17, 15) is 0 Å². The van der Waals surface area contributed by atoms with Gasteiger partial charge in [0.2, 0.25) is 0 Å². The summed E-state index contributed by atoms with van der Waals surface area (Å²) >= 11 is 0. The summed E-state index contributed by atoms with van der Waals surface area (Å²) in [5.74, 6) is 0. The fraction of sp³-hybridized carbons (Fsp3) is 0.769. The van der Waals surface area contributed by atoms with Crippen LogP contribution in [-0.4, -0.2) is 59.9 Å². The molecule has 0 spiro atoms. The third-order valence-corrected chi connectivity index (χ3v) is 3.12. The van der Waals surface area contributed by atoms with Crippen LogP contribution in [0.1, 0.15) is 24.9 Å². The van der Waals surface area contributed by atoms with Crippen LogP contribution in [0.2, 0.25) is 0 Å². The number of hydrogen-bond donors (Lipinski definition) is 1. The molecule has 0 radical (unpaired) electrons. The summed E-state index contributed by atoms with van der Waals surface area (Å²) in [6, 6.07) is 0.276. The van der Waals surface area contributed by atoms with Crippen LogP contribution in [0.15, 0.2) is 12.4 Å². The Balaban J connectivity index is 2.73. The molecule has 0 bridgehead atoms. The smallest absolute Gasteiger partial charge is 0.0538 e. The molecule has 5 nitrogen and oxygen atoms in total. The van der Waals surface area contributed by atoms with E-state index in [1.807, 2.05) is 17.9 Å². The molecular formula is C13H27N5. The van der Waals surface area contributed by atoms with E-state index in [-0.39, 0.29) is 6.04 Å². The third-order valence-electron chi connectivity index (χ3n) is 3.12. The van der Waals surface area contributed by atoms with Gasteiger partial charge in [-0.15, -0.1) is 0 Å². The highest BCUT2D eigenvalue weighted by molar-refractivity contribution is 5.11. The maximum Gasteiger partial charge on any atom is 0.0538 e. The van der Waals surface area contributed by atoms with Crippen molar-refractivity contribution in [2.24, 2.45) is 12.8 Å². The number of aryl methyl sites for hydroxylation is 1. The molecule has 1 atom stereocenters. The minimum absolute atomic E-state index is 0.276. The number of nitrogens with zero attached hydrogens (tertiary/aromatic N) is 4. The Morgan fingerprint density at radius 3 is 2.50 bits per heavy atom. The lowest BCUT2D eigenvalue weighted by molar-refractivity contribution is 0.182. The van der Waals surface area contributed by atoms with Crippen LogP contribution in [0.25, 0.3) is 0 Å². The lowest BCUT2D eigenvalue weighted by Gasteiger charge is -2.31. The SMILES string of the molecule is CCCN(CCN(C)C)C(CN)c1cnn(C)c1. The Bertz CT molecular complexity index is 334. The van der Waals surface area contributed by atoms with Crippen molar-refractivity contribution in [2.45, 2.75) is 19.4 Å². The summed E-state index contributed by atoms with van der Waals surface area (Å²) in [5, 5.41) is 4.25. The second-order valence-electron chi connectivity index (χ2n) is 5.04. The standard InChI is InChI=1S/C13H27N5/c1-5-6-18(8-7-16(2)3)13(9-14)12-10-15-17(4)11-12/h10-11,13H,5-9,14H2,1-4H3. The molecule has 0 aliphatic carbocycles. The maximum atomic E-state index is 5.96. The zero-order valence-corrected chi connectivity index (χ0v) is 12.1. The Hall–Kier alpha value is -0.910. The number of aromatic nitrogens is 2. The molecule has 0 aromatic carbocycles. The van der Waals surface area contributed by atoms with Crippen LogP contribution in [0, 0.1) is 0 Å². The lowest BCUT2D eigenvalue weighted by atomic mass is 10.1. The molecule has 1 rings (SSSR count). The van der Waals surface area contributed by atoms with Crippen molar-refractivity contribution in [3.8, 4) is 0 Å². The molecule has 0 saturated carbocycles. The van der Waals surface area contributed by atoms with Crippen LogP contribution in [-0.2, 0) is 7.05 Å². The predicted octanol–water partition coefficient (Wildman–Crippen LogP) is 0.694. The molecule has 1 aromatic heterocycles. The Labute approximate surface area is 111 Å². The molecule has 1 heterocycles. The van der Waals surface area contributed by atoms with E-state index in [0.29, 0.717) is 6.54 Å². The molecule has 1 unspecified atom stereocenters. The Morgan fingerprint density at radius 1 is 1.33 bits per heavy atom. The summed E-state index contributed by atoms with van der Waals surface area (Å²) < 4.78 is 1.84. The normalized spacial score (nSPS) is 13.5. The first-order valence-corrected chi connectivity index (χ1v) is 6.65. The van der Waals surface area contributed by atoms with Gasteiger partial charge in [0.25, 0.3) is 0 Å². The minimum atomic E-state index is 0.276. The second kappa shape index (κ2) is 7.51.